The molecule has 0 amide bonds. The van der Waals surface area contributed by atoms with E-state index in [0.29, 0.717) is 29.2 Å². The summed E-state index contributed by atoms with van der Waals surface area (Å²) in [5, 5.41) is 0. The van der Waals surface area contributed by atoms with Crippen molar-refractivity contribution in [2.45, 2.75) is 90.9 Å². The minimum Gasteiger partial charge on any atom is -0.490 e. The summed E-state index contributed by atoms with van der Waals surface area (Å²) in [6.07, 6.45) is 18.8. The highest BCUT2D eigenvalue weighted by Crippen LogP contribution is 2.37. The van der Waals surface area contributed by atoms with Gasteiger partial charge in [0.2, 0.25) is 5.82 Å². The normalized spacial score (nSPS) is 15.2. The molecule has 0 N–H and O–H groups in total. The maximum absolute atomic E-state index is 15.3. The van der Waals surface area contributed by atoms with Crippen molar-refractivity contribution in [3.8, 4) is 28.0 Å². The number of hydrogen-bond donors (Lipinski definition) is 0. The van der Waals surface area contributed by atoms with Crippen LogP contribution in [0.2, 0.25) is 0 Å². The second-order valence-corrected chi connectivity index (χ2v) is 11.6. The van der Waals surface area contributed by atoms with E-state index in [2.05, 4.69) is 25.2 Å². The fourth-order valence-corrected chi connectivity index (χ4v) is 5.85. The Bertz CT molecular complexity index is 1390. The fraction of sp³-hybridized carbons (Fsp3) is 0.421. The number of allylic oxidation sites excluding steroid dienone is 4. The van der Waals surface area contributed by atoms with Crippen molar-refractivity contribution in [3.63, 3.8) is 0 Å². The van der Waals surface area contributed by atoms with Crippen LogP contribution in [0, 0.1) is 29.2 Å². The molecule has 43 heavy (non-hydrogen) atoms. The van der Waals surface area contributed by atoms with Gasteiger partial charge in [0.25, 0.3) is 0 Å². The Morgan fingerprint density at radius 1 is 0.721 bits per heavy atom. The first-order valence-corrected chi connectivity index (χ1v) is 15.9. The van der Waals surface area contributed by atoms with Gasteiger partial charge in [-0.1, -0.05) is 100 Å². The number of benzene rings is 3. The molecule has 1 aliphatic carbocycles. The lowest BCUT2D eigenvalue weighted by Crippen LogP contribution is -2.07. The second kappa shape index (κ2) is 16.5. The van der Waals surface area contributed by atoms with Gasteiger partial charge in [-0.25, -0.2) is 13.2 Å². The highest BCUT2D eigenvalue weighted by molar-refractivity contribution is 5.74. The average molecular weight is 593 g/mol. The predicted molar refractivity (Wildman–Crippen MR) is 170 cm³/mol. The molecule has 1 aliphatic rings. The molecule has 1 unspecified atom stereocenters. The zero-order chi connectivity index (χ0) is 30.6. The van der Waals surface area contributed by atoms with Gasteiger partial charge in [0.05, 0.1) is 6.61 Å². The standard InChI is InChI=1S/C38H44F4O/c1-3-5-7-8-9-10-12-26-43-34-25-24-33(37(41)38(34)42)30-20-18-29(19-21-30)32-23-22-31(35(39)36(32)40)28-16-14-27(15-17-28)13-11-6-4-2/h4,6,16,18-25,27H,3,5,7-15,17,26H2,1-2H3/b6-4+. The highest BCUT2D eigenvalue weighted by atomic mass is 19.2. The van der Waals surface area contributed by atoms with Crippen molar-refractivity contribution >= 4 is 5.57 Å². The molecule has 1 nitrogen and oxygen atoms in total. The van der Waals surface area contributed by atoms with Crippen molar-refractivity contribution in [2.75, 3.05) is 6.61 Å². The molecule has 0 fully saturated rings. The van der Waals surface area contributed by atoms with Crippen LogP contribution in [0.3, 0.4) is 0 Å². The molecule has 0 saturated carbocycles. The van der Waals surface area contributed by atoms with Crippen LogP contribution in [-0.2, 0) is 0 Å². The molecule has 1 atom stereocenters. The SMILES string of the molecule is C/C=C/CCC1CC=C(c2ccc(-c3ccc(-c4ccc(OCCCCCCCCC)c(F)c4F)cc3)c(F)c2F)CC1. The third kappa shape index (κ3) is 8.61. The van der Waals surface area contributed by atoms with E-state index in [1.165, 1.54) is 37.8 Å². The smallest absolute Gasteiger partial charge is 0.201 e. The van der Waals surface area contributed by atoms with Gasteiger partial charge in [-0.2, -0.15) is 4.39 Å². The van der Waals surface area contributed by atoms with Crippen LogP contribution >= 0.6 is 0 Å². The maximum Gasteiger partial charge on any atom is 0.201 e. The number of hydrogen-bond acceptors (Lipinski definition) is 1. The summed E-state index contributed by atoms with van der Waals surface area (Å²) in [6.45, 7) is 4.54. The number of halogens is 4. The second-order valence-electron chi connectivity index (χ2n) is 11.6. The van der Waals surface area contributed by atoms with Crippen LogP contribution < -0.4 is 4.74 Å². The molecule has 0 aromatic heterocycles. The van der Waals surface area contributed by atoms with E-state index in [4.69, 9.17) is 4.74 Å². The summed E-state index contributed by atoms with van der Waals surface area (Å²) in [4.78, 5) is 0. The minimum atomic E-state index is -1.02. The molecule has 0 aliphatic heterocycles. The Kier molecular flexibility index (Phi) is 12.5. The Balaban J connectivity index is 1.39. The third-order valence-electron chi connectivity index (χ3n) is 8.48. The maximum atomic E-state index is 15.3. The molecular formula is C38H44F4O. The van der Waals surface area contributed by atoms with E-state index < -0.39 is 23.3 Å². The molecule has 0 bridgehead atoms. The van der Waals surface area contributed by atoms with Gasteiger partial charge in [0, 0.05) is 16.7 Å². The van der Waals surface area contributed by atoms with Crippen molar-refractivity contribution in [3.05, 3.63) is 95.6 Å². The number of ether oxygens (including phenoxy) is 1. The summed E-state index contributed by atoms with van der Waals surface area (Å²) in [7, 11) is 0. The summed E-state index contributed by atoms with van der Waals surface area (Å²) in [6, 6.07) is 12.6. The summed E-state index contributed by atoms with van der Waals surface area (Å²) < 4.78 is 65.8. The lowest BCUT2D eigenvalue weighted by molar-refractivity contribution is 0.285. The van der Waals surface area contributed by atoms with Gasteiger partial charge < -0.3 is 4.74 Å². The first kappa shape index (κ1) is 32.6. The molecule has 3 aromatic carbocycles. The Labute approximate surface area is 254 Å². The lowest BCUT2D eigenvalue weighted by atomic mass is 9.83. The molecule has 0 radical (unpaired) electrons. The van der Waals surface area contributed by atoms with E-state index in [-0.39, 0.29) is 16.9 Å². The molecule has 5 heteroatoms. The average Bonchev–Trinajstić information content (AvgIpc) is 3.02. The predicted octanol–water partition coefficient (Wildman–Crippen LogP) is 12.2. The molecule has 230 valence electrons. The van der Waals surface area contributed by atoms with Crippen LogP contribution in [0.25, 0.3) is 27.8 Å². The first-order chi connectivity index (χ1) is 20.9. The molecule has 0 spiro atoms. The topological polar surface area (TPSA) is 9.23 Å². The highest BCUT2D eigenvalue weighted by Gasteiger charge is 2.21. The molecule has 0 heterocycles. The van der Waals surface area contributed by atoms with Gasteiger partial charge in [0.15, 0.2) is 23.2 Å². The zero-order valence-corrected chi connectivity index (χ0v) is 25.5. The van der Waals surface area contributed by atoms with Crippen LogP contribution in [0.5, 0.6) is 5.75 Å². The Morgan fingerprint density at radius 2 is 1.30 bits per heavy atom. The van der Waals surface area contributed by atoms with Gasteiger partial charge in [-0.3, -0.25) is 0 Å². The van der Waals surface area contributed by atoms with Crippen LogP contribution in [-0.4, -0.2) is 6.61 Å². The Morgan fingerprint density at radius 3 is 1.93 bits per heavy atom. The van der Waals surface area contributed by atoms with Gasteiger partial charge in [-0.15, -0.1) is 0 Å². The summed E-state index contributed by atoms with van der Waals surface area (Å²) in [5.74, 6) is -3.28. The fourth-order valence-electron chi connectivity index (χ4n) is 5.85. The lowest BCUT2D eigenvalue weighted by Gasteiger charge is -2.22. The van der Waals surface area contributed by atoms with Crippen LogP contribution in [0.1, 0.15) is 96.5 Å². The zero-order valence-electron chi connectivity index (χ0n) is 25.5. The molecule has 0 saturated heterocycles. The largest absolute Gasteiger partial charge is 0.490 e. The summed E-state index contributed by atoms with van der Waals surface area (Å²) >= 11 is 0. The minimum absolute atomic E-state index is 0.0857. The number of unbranched alkanes of at least 4 members (excludes halogenated alkanes) is 6. The Hall–Kier alpha value is -3.34. The molecule has 4 rings (SSSR count). The van der Waals surface area contributed by atoms with Crippen molar-refractivity contribution < 1.29 is 22.3 Å². The monoisotopic (exact) mass is 592 g/mol. The van der Waals surface area contributed by atoms with Gasteiger partial charge in [0.1, 0.15) is 0 Å². The van der Waals surface area contributed by atoms with E-state index >= 15 is 8.78 Å². The summed E-state index contributed by atoms with van der Waals surface area (Å²) in [5.41, 5.74) is 2.29. The van der Waals surface area contributed by atoms with E-state index in [9.17, 15) is 8.78 Å². The molecule has 3 aromatic rings. The third-order valence-corrected chi connectivity index (χ3v) is 8.48. The quantitative estimate of drug-likeness (QED) is 0.0969. The van der Waals surface area contributed by atoms with E-state index in [0.717, 1.165) is 56.9 Å². The number of rotatable bonds is 15. The van der Waals surface area contributed by atoms with Crippen molar-refractivity contribution in [1.29, 1.82) is 0 Å². The van der Waals surface area contributed by atoms with Crippen LogP contribution in [0.15, 0.2) is 66.8 Å². The van der Waals surface area contributed by atoms with Gasteiger partial charge >= 0.3 is 0 Å². The van der Waals surface area contributed by atoms with Crippen molar-refractivity contribution in [2.24, 2.45) is 5.92 Å². The van der Waals surface area contributed by atoms with Gasteiger partial charge in [-0.05, 0) is 80.2 Å². The molecular weight excluding hydrogens is 548 g/mol. The van der Waals surface area contributed by atoms with E-state index in [1.54, 1.807) is 36.4 Å². The van der Waals surface area contributed by atoms with Crippen LogP contribution in [0.4, 0.5) is 17.6 Å². The van der Waals surface area contributed by atoms with E-state index in [1.807, 2.05) is 6.92 Å². The van der Waals surface area contributed by atoms with Crippen molar-refractivity contribution in [1.82, 2.24) is 0 Å². The first-order valence-electron chi connectivity index (χ1n) is 15.9.